The third-order valence-corrected chi connectivity index (χ3v) is 5.69. The van der Waals surface area contributed by atoms with Gasteiger partial charge in [0, 0.05) is 15.6 Å². The number of ether oxygens (including phenoxy) is 1. The molecule has 0 saturated carbocycles. The van der Waals surface area contributed by atoms with Gasteiger partial charge in [0.15, 0.2) is 0 Å². The number of fused-ring (bicyclic) bond motifs is 1. The Balaban J connectivity index is 1.82. The number of rotatable bonds is 4. The molecular formula is C19H21ClN2O3S. The number of benzene rings is 1. The number of carbonyl (C=O) groups excluding carboxylic acids is 2. The van der Waals surface area contributed by atoms with Gasteiger partial charge >= 0.3 is 12.0 Å². The van der Waals surface area contributed by atoms with Gasteiger partial charge in [-0.15, -0.1) is 11.3 Å². The summed E-state index contributed by atoms with van der Waals surface area (Å²) in [7, 11) is 0. The van der Waals surface area contributed by atoms with E-state index in [0.29, 0.717) is 27.9 Å². The Kier molecular flexibility index (Phi) is 6.16. The van der Waals surface area contributed by atoms with Crippen molar-refractivity contribution in [3.8, 4) is 0 Å². The number of halogens is 1. The van der Waals surface area contributed by atoms with Crippen molar-refractivity contribution in [3.63, 3.8) is 0 Å². The first-order valence-electron chi connectivity index (χ1n) is 8.73. The maximum Gasteiger partial charge on any atom is 0.341 e. The van der Waals surface area contributed by atoms with Crippen LogP contribution in [0.4, 0.5) is 15.5 Å². The first-order chi connectivity index (χ1) is 12.6. The predicted octanol–water partition coefficient (Wildman–Crippen LogP) is 5.49. The highest BCUT2D eigenvalue weighted by molar-refractivity contribution is 7.17. The summed E-state index contributed by atoms with van der Waals surface area (Å²) >= 11 is 7.33. The predicted molar refractivity (Wildman–Crippen MR) is 106 cm³/mol. The van der Waals surface area contributed by atoms with Gasteiger partial charge in [0.05, 0.1) is 12.2 Å². The Morgan fingerprint density at radius 1 is 1.12 bits per heavy atom. The zero-order valence-electron chi connectivity index (χ0n) is 14.6. The molecule has 3 rings (SSSR count). The van der Waals surface area contributed by atoms with E-state index in [1.165, 1.54) is 16.2 Å². The maximum atomic E-state index is 12.5. The van der Waals surface area contributed by atoms with Crippen molar-refractivity contribution in [3.05, 3.63) is 45.3 Å². The molecule has 7 heteroatoms. The van der Waals surface area contributed by atoms with E-state index in [-0.39, 0.29) is 5.97 Å². The molecule has 0 unspecified atom stereocenters. The highest BCUT2D eigenvalue weighted by atomic mass is 35.5. The summed E-state index contributed by atoms with van der Waals surface area (Å²) in [5, 5.41) is 6.74. The fraction of sp³-hybridized carbons (Fsp3) is 0.368. The molecule has 0 saturated heterocycles. The number of hydrogen-bond acceptors (Lipinski definition) is 4. The van der Waals surface area contributed by atoms with Gasteiger partial charge in [0.2, 0.25) is 0 Å². The lowest BCUT2D eigenvalue weighted by Crippen LogP contribution is -2.20. The summed E-state index contributed by atoms with van der Waals surface area (Å²) in [6.07, 6.45) is 5.09. The van der Waals surface area contributed by atoms with Gasteiger partial charge in [-0.3, -0.25) is 5.32 Å². The van der Waals surface area contributed by atoms with Crippen LogP contribution in [-0.4, -0.2) is 18.6 Å². The first-order valence-corrected chi connectivity index (χ1v) is 9.93. The molecule has 0 fully saturated rings. The van der Waals surface area contributed by atoms with E-state index < -0.39 is 6.03 Å². The minimum atomic E-state index is -0.394. The maximum absolute atomic E-state index is 12.5. The number of thiophene rings is 1. The molecule has 0 aliphatic heterocycles. The van der Waals surface area contributed by atoms with E-state index in [1.807, 2.05) is 0 Å². The minimum absolute atomic E-state index is 0.305. The fourth-order valence-corrected chi connectivity index (χ4v) is 4.45. The van der Waals surface area contributed by atoms with Gasteiger partial charge < -0.3 is 10.1 Å². The molecule has 0 spiro atoms. The van der Waals surface area contributed by atoms with E-state index in [1.54, 1.807) is 31.2 Å². The largest absolute Gasteiger partial charge is 0.462 e. The third kappa shape index (κ3) is 4.37. The molecule has 0 bridgehead atoms. The van der Waals surface area contributed by atoms with E-state index in [0.717, 1.165) is 37.7 Å². The smallest absolute Gasteiger partial charge is 0.341 e. The van der Waals surface area contributed by atoms with Gasteiger partial charge in [-0.05, 0) is 62.4 Å². The summed E-state index contributed by atoms with van der Waals surface area (Å²) < 4.78 is 5.23. The zero-order valence-corrected chi connectivity index (χ0v) is 16.1. The minimum Gasteiger partial charge on any atom is -0.462 e. The van der Waals surface area contributed by atoms with E-state index >= 15 is 0 Å². The molecule has 2 aromatic rings. The molecule has 1 aromatic heterocycles. The Labute approximate surface area is 161 Å². The van der Waals surface area contributed by atoms with Crippen molar-refractivity contribution < 1.29 is 14.3 Å². The average molecular weight is 393 g/mol. The summed E-state index contributed by atoms with van der Waals surface area (Å²) in [6.45, 7) is 2.09. The third-order valence-electron chi connectivity index (χ3n) is 4.23. The summed E-state index contributed by atoms with van der Waals surface area (Å²) in [4.78, 5) is 26.0. The Morgan fingerprint density at radius 3 is 2.58 bits per heavy atom. The zero-order chi connectivity index (χ0) is 18.5. The molecule has 2 amide bonds. The summed E-state index contributed by atoms with van der Waals surface area (Å²) in [5.41, 5.74) is 2.18. The van der Waals surface area contributed by atoms with Crippen molar-refractivity contribution in [2.24, 2.45) is 0 Å². The van der Waals surface area contributed by atoms with E-state index in [2.05, 4.69) is 10.6 Å². The van der Waals surface area contributed by atoms with Crippen LogP contribution in [0.15, 0.2) is 24.3 Å². The SMILES string of the molecule is CCOC(=O)c1c(NC(=O)Nc2ccc(Cl)cc2)sc2c1CCCCC2. The number of hydrogen-bond donors (Lipinski definition) is 2. The Morgan fingerprint density at radius 2 is 1.85 bits per heavy atom. The molecule has 2 N–H and O–H groups in total. The van der Waals surface area contributed by atoms with Crippen LogP contribution in [0.3, 0.4) is 0 Å². The molecule has 138 valence electrons. The number of aryl methyl sites for hydroxylation is 1. The Hall–Kier alpha value is -2.05. The number of esters is 1. The van der Waals surface area contributed by atoms with Crippen LogP contribution in [-0.2, 0) is 17.6 Å². The van der Waals surface area contributed by atoms with Crippen LogP contribution in [0.1, 0.15) is 47.0 Å². The van der Waals surface area contributed by atoms with Gasteiger partial charge in [-0.2, -0.15) is 0 Å². The topological polar surface area (TPSA) is 67.4 Å². The highest BCUT2D eigenvalue weighted by Crippen LogP contribution is 2.38. The Bertz CT molecular complexity index is 802. The van der Waals surface area contributed by atoms with Crippen molar-refractivity contribution in [2.45, 2.75) is 39.0 Å². The fourth-order valence-electron chi connectivity index (χ4n) is 3.05. The molecule has 0 atom stereocenters. The standard InChI is InChI=1S/C19H21ClN2O3S/c1-2-25-18(23)16-14-6-4-3-5-7-15(14)26-17(16)22-19(24)21-13-10-8-12(20)9-11-13/h8-11H,2-7H2,1H3,(H2,21,22,24). The second kappa shape index (κ2) is 8.56. The summed E-state index contributed by atoms with van der Waals surface area (Å²) in [6, 6.07) is 6.45. The van der Waals surface area contributed by atoms with Gasteiger partial charge in [0.25, 0.3) is 0 Å². The second-order valence-corrected chi connectivity index (χ2v) is 7.62. The van der Waals surface area contributed by atoms with Crippen LogP contribution in [0, 0.1) is 0 Å². The highest BCUT2D eigenvalue weighted by Gasteiger charge is 2.26. The number of urea groups is 1. The average Bonchev–Trinajstić information content (AvgIpc) is 2.78. The first kappa shape index (κ1) is 18.7. The quantitative estimate of drug-likeness (QED) is 0.533. The monoisotopic (exact) mass is 392 g/mol. The summed E-state index contributed by atoms with van der Waals surface area (Å²) in [5.74, 6) is -0.367. The lowest BCUT2D eigenvalue weighted by Gasteiger charge is -2.09. The van der Waals surface area contributed by atoms with Crippen LogP contribution >= 0.6 is 22.9 Å². The normalized spacial score (nSPS) is 13.5. The van der Waals surface area contributed by atoms with Crippen LogP contribution in [0.25, 0.3) is 0 Å². The molecular weight excluding hydrogens is 372 g/mol. The molecule has 1 heterocycles. The molecule has 5 nitrogen and oxygen atoms in total. The van der Waals surface area contributed by atoms with Crippen LogP contribution in [0.2, 0.25) is 5.02 Å². The van der Waals surface area contributed by atoms with Crippen LogP contribution < -0.4 is 10.6 Å². The molecule has 26 heavy (non-hydrogen) atoms. The molecule has 0 radical (unpaired) electrons. The van der Waals surface area contributed by atoms with Crippen LogP contribution in [0.5, 0.6) is 0 Å². The van der Waals surface area contributed by atoms with E-state index in [9.17, 15) is 9.59 Å². The van der Waals surface area contributed by atoms with Gasteiger partial charge in [-0.25, -0.2) is 9.59 Å². The van der Waals surface area contributed by atoms with Crippen molar-refractivity contribution in [1.29, 1.82) is 0 Å². The lowest BCUT2D eigenvalue weighted by molar-refractivity contribution is 0.0527. The van der Waals surface area contributed by atoms with Gasteiger partial charge in [-0.1, -0.05) is 18.0 Å². The number of nitrogens with one attached hydrogen (secondary N) is 2. The van der Waals surface area contributed by atoms with Gasteiger partial charge in [0.1, 0.15) is 5.00 Å². The van der Waals surface area contributed by atoms with Crippen molar-refractivity contribution in [1.82, 2.24) is 0 Å². The molecule has 1 aromatic carbocycles. The molecule has 1 aliphatic rings. The second-order valence-electron chi connectivity index (χ2n) is 6.08. The number of carbonyl (C=O) groups is 2. The van der Waals surface area contributed by atoms with E-state index in [4.69, 9.17) is 16.3 Å². The number of amides is 2. The number of anilines is 2. The lowest BCUT2D eigenvalue weighted by atomic mass is 10.1. The van der Waals surface area contributed by atoms with Crippen molar-refractivity contribution >= 4 is 45.6 Å². The molecule has 1 aliphatic carbocycles. The van der Waals surface area contributed by atoms with Crippen molar-refractivity contribution in [2.75, 3.05) is 17.2 Å².